The average Bonchev–Trinajstić information content (AvgIpc) is 3.08. The lowest BCUT2D eigenvalue weighted by atomic mass is 10.1. The Kier molecular flexibility index (Phi) is 5.19. The standard InChI is InChI=1S/C17H24N4O4/c1-11-14(12(2)25-19-11)4-5-17(24)20-6-3-7-21-13(9-20)8-15(18-21)16(23)10-22/h8,16,22-23H,3-7,9-10H2,1-2H3/t16-/m1/s1. The second kappa shape index (κ2) is 7.37. The Morgan fingerprint density at radius 3 is 2.88 bits per heavy atom. The van der Waals surface area contributed by atoms with Crippen molar-refractivity contribution >= 4 is 5.91 Å². The number of fused-ring (bicyclic) bond motifs is 1. The Balaban J connectivity index is 1.66. The van der Waals surface area contributed by atoms with Crippen LogP contribution in [0.15, 0.2) is 10.6 Å². The zero-order valence-electron chi connectivity index (χ0n) is 14.6. The van der Waals surface area contributed by atoms with Gasteiger partial charge in [-0.05, 0) is 32.8 Å². The van der Waals surface area contributed by atoms with Crippen LogP contribution >= 0.6 is 0 Å². The van der Waals surface area contributed by atoms with Gasteiger partial charge in [0, 0.05) is 25.1 Å². The maximum Gasteiger partial charge on any atom is 0.223 e. The minimum atomic E-state index is -0.983. The smallest absolute Gasteiger partial charge is 0.223 e. The molecule has 1 aliphatic heterocycles. The fraction of sp³-hybridized carbons (Fsp3) is 0.588. The summed E-state index contributed by atoms with van der Waals surface area (Å²) in [5.74, 6) is 0.848. The number of hydrogen-bond donors (Lipinski definition) is 2. The van der Waals surface area contributed by atoms with E-state index in [0.29, 0.717) is 38.2 Å². The first-order valence-corrected chi connectivity index (χ1v) is 8.54. The fourth-order valence-corrected chi connectivity index (χ4v) is 3.20. The highest BCUT2D eigenvalue weighted by Gasteiger charge is 2.22. The first-order valence-electron chi connectivity index (χ1n) is 8.54. The number of aromatic nitrogens is 3. The number of carbonyl (C=O) groups is 1. The van der Waals surface area contributed by atoms with Crippen molar-refractivity contribution in [2.24, 2.45) is 0 Å². The second-order valence-electron chi connectivity index (χ2n) is 6.45. The van der Waals surface area contributed by atoms with Gasteiger partial charge in [-0.1, -0.05) is 5.16 Å². The van der Waals surface area contributed by atoms with Gasteiger partial charge in [-0.15, -0.1) is 0 Å². The molecule has 1 amide bonds. The highest BCUT2D eigenvalue weighted by molar-refractivity contribution is 5.76. The molecule has 8 heteroatoms. The molecule has 2 aromatic rings. The molecule has 0 saturated carbocycles. The van der Waals surface area contributed by atoms with E-state index in [-0.39, 0.29) is 12.5 Å². The zero-order chi connectivity index (χ0) is 18.0. The summed E-state index contributed by atoms with van der Waals surface area (Å²) in [6.45, 7) is 5.22. The van der Waals surface area contributed by atoms with E-state index in [1.54, 1.807) is 6.07 Å². The van der Waals surface area contributed by atoms with Crippen LogP contribution in [0.25, 0.3) is 0 Å². The molecule has 0 aromatic carbocycles. The molecule has 0 radical (unpaired) electrons. The van der Waals surface area contributed by atoms with Gasteiger partial charge in [0.25, 0.3) is 0 Å². The number of hydrogen-bond acceptors (Lipinski definition) is 6. The van der Waals surface area contributed by atoms with Crippen LogP contribution in [0.4, 0.5) is 0 Å². The molecule has 0 unspecified atom stereocenters. The molecular weight excluding hydrogens is 324 g/mol. The van der Waals surface area contributed by atoms with Gasteiger partial charge < -0.3 is 19.6 Å². The molecule has 0 saturated heterocycles. The van der Waals surface area contributed by atoms with Gasteiger partial charge in [-0.3, -0.25) is 9.48 Å². The summed E-state index contributed by atoms with van der Waals surface area (Å²) in [6, 6.07) is 1.76. The summed E-state index contributed by atoms with van der Waals surface area (Å²) < 4.78 is 6.96. The van der Waals surface area contributed by atoms with Crippen LogP contribution < -0.4 is 0 Å². The predicted octanol–water partition coefficient (Wildman–Crippen LogP) is 0.879. The van der Waals surface area contributed by atoms with Crippen LogP contribution in [-0.4, -0.2) is 49.1 Å². The Bertz CT molecular complexity index is 732. The van der Waals surface area contributed by atoms with E-state index in [1.165, 1.54) is 0 Å². The largest absolute Gasteiger partial charge is 0.393 e. The molecule has 25 heavy (non-hydrogen) atoms. The molecule has 3 rings (SSSR count). The first-order chi connectivity index (χ1) is 12.0. The molecule has 1 aliphatic rings. The number of nitrogens with zero attached hydrogens (tertiary/aromatic N) is 4. The third kappa shape index (κ3) is 3.74. The van der Waals surface area contributed by atoms with Crippen LogP contribution in [-0.2, 0) is 24.3 Å². The number of amides is 1. The normalized spacial score (nSPS) is 15.8. The maximum atomic E-state index is 12.6. The molecule has 0 aliphatic carbocycles. The topological polar surface area (TPSA) is 105 Å². The third-order valence-electron chi connectivity index (χ3n) is 4.67. The average molecular weight is 348 g/mol. The van der Waals surface area contributed by atoms with Crippen molar-refractivity contribution in [1.29, 1.82) is 0 Å². The summed E-state index contributed by atoms with van der Waals surface area (Å²) >= 11 is 0. The molecule has 136 valence electrons. The molecular formula is C17H24N4O4. The number of aliphatic hydroxyl groups excluding tert-OH is 2. The SMILES string of the molecule is Cc1noc(C)c1CCC(=O)N1CCCn2nc([C@H](O)CO)cc2C1. The predicted molar refractivity (Wildman–Crippen MR) is 88.6 cm³/mol. The lowest BCUT2D eigenvalue weighted by Gasteiger charge is -2.20. The van der Waals surface area contributed by atoms with Crippen molar-refractivity contribution in [2.45, 2.75) is 52.3 Å². The first kappa shape index (κ1) is 17.6. The van der Waals surface area contributed by atoms with Crippen LogP contribution in [0, 0.1) is 13.8 Å². The van der Waals surface area contributed by atoms with Crippen LogP contribution in [0.2, 0.25) is 0 Å². The Morgan fingerprint density at radius 1 is 1.40 bits per heavy atom. The number of aryl methyl sites for hydroxylation is 3. The molecule has 0 bridgehead atoms. The van der Waals surface area contributed by atoms with Crippen molar-refractivity contribution in [3.05, 3.63) is 34.5 Å². The van der Waals surface area contributed by atoms with Gasteiger partial charge in [0.15, 0.2) is 0 Å². The van der Waals surface area contributed by atoms with E-state index in [9.17, 15) is 9.90 Å². The molecule has 3 heterocycles. The van der Waals surface area contributed by atoms with Crippen molar-refractivity contribution in [2.75, 3.05) is 13.2 Å². The van der Waals surface area contributed by atoms with Crippen molar-refractivity contribution in [3.8, 4) is 0 Å². The van der Waals surface area contributed by atoms with Gasteiger partial charge in [-0.25, -0.2) is 0 Å². The van der Waals surface area contributed by atoms with E-state index in [4.69, 9.17) is 9.63 Å². The molecule has 8 nitrogen and oxygen atoms in total. The fourth-order valence-electron chi connectivity index (χ4n) is 3.20. The Hall–Kier alpha value is -2.19. The van der Waals surface area contributed by atoms with Crippen LogP contribution in [0.1, 0.15) is 47.4 Å². The van der Waals surface area contributed by atoms with Gasteiger partial charge in [0.05, 0.1) is 30.2 Å². The van der Waals surface area contributed by atoms with Gasteiger partial charge in [0.2, 0.25) is 5.91 Å². The summed E-state index contributed by atoms with van der Waals surface area (Å²) in [6.07, 6.45) is 0.844. The third-order valence-corrected chi connectivity index (χ3v) is 4.67. The van der Waals surface area contributed by atoms with E-state index in [0.717, 1.165) is 29.1 Å². The van der Waals surface area contributed by atoms with E-state index >= 15 is 0 Å². The van der Waals surface area contributed by atoms with Crippen molar-refractivity contribution < 1.29 is 19.5 Å². The highest BCUT2D eigenvalue weighted by Crippen LogP contribution is 2.20. The molecule has 2 N–H and O–H groups in total. The lowest BCUT2D eigenvalue weighted by Crippen LogP contribution is -2.30. The summed E-state index contributed by atoms with van der Waals surface area (Å²) in [7, 11) is 0. The van der Waals surface area contributed by atoms with Crippen molar-refractivity contribution in [3.63, 3.8) is 0 Å². The minimum absolute atomic E-state index is 0.0823. The summed E-state index contributed by atoms with van der Waals surface area (Å²) in [5.41, 5.74) is 3.16. The quantitative estimate of drug-likeness (QED) is 0.831. The Morgan fingerprint density at radius 2 is 2.20 bits per heavy atom. The minimum Gasteiger partial charge on any atom is -0.393 e. The summed E-state index contributed by atoms with van der Waals surface area (Å²) in [4.78, 5) is 14.5. The zero-order valence-corrected chi connectivity index (χ0v) is 14.6. The van der Waals surface area contributed by atoms with E-state index < -0.39 is 6.10 Å². The number of carbonyl (C=O) groups excluding carboxylic acids is 1. The summed E-state index contributed by atoms with van der Waals surface area (Å²) in [5, 5.41) is 27.1. The van der Waals surface area contributed by atoms with E-state index in [2.05, 4.69) is 10.3 Å². The second-order valence-corrected chi connectivity index (χ2v) is 6.45. The van der Waals surface area contributed by atoms with Crippen LogP contribution in [0.3, 0.4) is 0 Å². The van der Waals surface area contributed by atoms with Gasteiger partial charge >= 0.3 is 0 Å². The number of rotatable bonds is 5. The molecule has 0 fully saturated rings. The van der Waals surface area contributed by atoms with Crippen LogP contribution in [0.5, 0.6) is 0 Å². The highest BCUT2D eigenvalue weighted by atomic mass is 16.5. The number of aliphatic hydroxyl groups is 2. The van der Waals surface area contributed by atoms with Gasteiger partial charge in [-0.2, -0.15) is 5.10 Å². The molecule has 0 spiro atoms. The molecule has 1 atom stereocenters. The molecule has 2 aromatic heterocycles. The van der Waals surface area contributed by atoms with Crippen molar-refractivity contribution in [1.82, 2.24) is 19.8 Å². The van der Waals surface area contributed by atoms with Gasteiger partial charge in [0.1, 0.15) is 11.9 Å². The Labute approximate surface area is 146 Å². The van der Waals surface area contributed by atoms with E-state index in [1.807, 2.05) is 23.4 Å². The lowest BCUT2D eigenvalue weighted by molar-refractivity contribution is -0.131. The maximum absolute atomic E-state index is 12.6. The monoisotopic (exact) mass is 348 g/mol.